The largest absolute Gasteiger partial charge is 0.481 e. The fourth-order valence-electron chi connectivity index (χ4n) is 9.47. The number of aliphatic carboxylic acids is 2. The number of urea groups is 1. The minimum absolute atomic E-state index is 0.0233. The van der Waals surface area contributed by atoms with Gasteiger partial charge >= 0.3 is 18.0 Å². The van der Waals surface area contributed by atoms with Crippen LogP contribution in [0.1, 0.15) is 145 Å². The van der Waals surface area contributed by atoms with Crippen molar-refractivity contribution in [2.45, 2.75) is 96.7 Å². The number of thiazole rings is 6. The Morgan fingerprint density at radius 3 is 2.08 bits per heavy atom. The summed E-state index contributed by atoms with van der Waals surface area (Å²) >= 11 is 7.41. The van der Waals surface area contributed by atoms with E-state index < -0.39 is 66.1 Å². The quantitative estimate of drug-likeness (QED) is 0.0446. The maximum absolute atomic E-state index is 14.4. The molecule has 0 saturated carbocycles. The number of ether oxygens (including phenoxy) is 1. The summed E-state index contributed by atoms with van der Waals surface area (Å²) in [6.07, 6.45) is -0.308. The lowest BCUT2D eigenvalue weighted by Gasteiger charge is -2.24. The van der Waals surface area contributed by atoms with Gasteiger partial charge in [0.15, 0.2) is 5.78 Å². The first kappa shape index (κ1) is 64.3. The van der Waals surface area contributed by atoms with Gasteiger partial charge in [-0.25, -0.2) is 39.7 Å². The van der Waals surface area contributed by atoms with Crippen molar-refractivity contribution in [3.63, 3.8) is 0 Å². The Labute approximate surface area is 528 Å². The molecule has 9 rings (SSSR count). The van der Waals surface area contributed by atoms with Crippen molar-refractivity contribution in [3.8, 4) is 43.4 Å². The number of carboxylic acid groups (broad SMARTS) is 2. The van der Waals surface area contributed by atoms with Gasteiger partial charge in [-0.2, -0.15) is 0 Å². The van der Waals surface area contributed by atoms with Gasteiger partial charge in [-0.1, -0.05) is 51.1 Å². The molecule has 1 unspecified atom stereocenters. The van der Waals surface area contributed by atoms with Crippen LogP contribution in [0.5, 0.6) is 0 Å². The van der Waals surface area contributed by atoms with Crippen LogP contribution in [-0.4, -0.2) is 131 Å². The van der Waals surface area contributed by atoms with Crippen LogP contribution in [0, 0.1) is 12.8 Å². The number of Topliss-reactive ketones (excluding diaryl/α,β-unsaturated/α-hetero) is 1. The molecule has 8 heterocycles. The number of aryl methyl sites for hydroxylation is 1. The smallest absolute Gasteiger partial charge is 0.323 e. The van der Waals surface area contributed by atoms with Crippen LogP contribution in [0.3, 0.4) is 0 Å². The van der Waals surface area contributed by atoms with E-state index in [1.54, 1.807) is 35.2 Å². The lowest BCUT2D eigenvalue weighted by atomic mass is 9.90. The molecule has 0 aliphatic carbocycles. The number of rotatable bonds is 17. The highest BCUT2D eigenvalue weighted by Crippen LogP contribution is 2.41. The number of aromatic nitrogens is 7. The number of methoxy groups -OCH3 is 1. The van der Waals surface area contributed by atoms with Crippen molar-refractivity contribution in [2.75, 3.05) is 39.1 Å². The summed E-state index contributed by atoms with van der Waals surface area (Å²) in [6.45, 7) is 7.41. The van der Waals surface area contributed by atoms with Crippen molar-refractivity contribution in [2.24, 2.45) is 5.92 Å². The maximum Gasteiger partial charge on any atom is 0.323 e. The second kappa shape index (κ2) is 29.2. The van der Waals surface area contributed by atoms with E-state index in [9.17, 15) is 48.6 Å². The number of anilines is 1. The fourth-order valence-corrected chi connectivity index (χ4v) is 15.1. The Hall–Kier alpha value is -8.13. The third kappa shape index (κ3) is 15.8. The number of amides is 6. The highest BCUT2D eigenvalue weighted by molar-refractivity contribution is 7.15. The highest BCUT2D eigenvalue weighted by Gasteiger charge is 2.33. The summed E-state index contributed by atoms with van der Waals surface area (Å²) in [5.41, 5.74) is 3.34. The van der Waals surface area contributed by atoms with Gasteiger partial charge in [0, 0.05) is 90.3 Å². The molecule has 0 spiro atoms. The molecule has 4 atom stereocenters. The number of carbonyl (C=O) groups is 8. The minimum Gasteiger partial charge on any atom is -0.481 e. The summed E-state index contributed by atoms with van der Waals surface area (Å²) in [6, 6.07) is 10.9. The molecule has 0 saturated heterocycles. The predicted molar refractivity (Wildman–Crippen MR) is 336 cm³/mol. The minimum atomic E-state index is -1.03. The van der Waals surface area contributed by atoms with E-state index in [0.717, 1.165) is 5.56 Å². The van der Waals surface area contributed by atoms with Crippen LogP contribution in [0.2, 0.25) is 0 Å². The summed E-state index contributed by atoms with van der Waals surface area (Å²) in [5.74, 6) is -5.17. The fraction of sp³-hybridized carbons (Fsp3) is 0.362. The molecule has 8 aromatic rings. The number of carbonyl (C=O) groups excluding carboxylic acids is 6. The third-order valence-electron chi connectivity index (χ3n) is 14.1. The van der Waals surface area contributed by atoms with E-state index in [1.807, 2.05) is 56.5 Å². The van der Waals surface area contributed by atoms with Gasteiger partial charge in [0.1, 0.15) is 65.0 Å². The standard InChI is InChI=1S/C58H61N13O11S6/c1-28(2)33-20-39(72)47-30(4)87-56(69-47)35(21-42(73)59-5)62-50(79)37-25-83-52(64-37)32-16-17-34(54-66-41(27-86-54)67-58(81)71(18-10-14-44(75)76)19-11-15-45(77)78)61-48(32)36-24-84-55(63-36)38-26-85-57(65-38)46(29(3)31-12-8-7-9-13-31)68-43(74)22-60-51(80)49-40(23-82-6)88-53(33)70-49/h7-9,12-13,16-17,24-29,33,35,46H,10-11,14-15,18-23H2,1-6H3,(H,59,73)(H,60,80)(H,62,79)(H,67,81)(H,68,74)(H,75,76)(H,77,78)/t29-,33?,35-,46-/m0/s1. The van der Waals surface area contributed by atoms with Crippen molar-refractivity contribution in [3.05, 3.63) is 111 Å². The van der Waals surface area contributed by atoms with Gasteiger partial charge in [0.25, 0.3) is 11.8 Å². The number of nitrogens with one attached hydrogen (secondary N) is 5. The van der Waals surface area contributed by atoms with Crippen LogP contribution < -0.4 is 26.6 Å². The normalized spacial score (nSPS) is 16.1. The number of fused-ring (bicyclic) bond motifs is 14. The molecule has 1 aliphatic rings. The number of hydrogen-bond acceptors (Lipinski definition) is 22. The lowest BCUT2D eigenvalue weighted by molar-refractivity contribution is -0.138. The highest BCUT2D eigenvalue weighted by atomic mass is 32.1. The molecular formula is C58H61N13O11S6. The monoisotopic (exact) mass is 1310 g/mol. The number of hydrogen-bond donors (Lipinski definition) is 7. The molecule has 6 amide bonds. The zero-order chi connectivity index (χ0) is 62.8. The van der Waals surface area contributed by atoms with E-state index in [2.05, 4.69) is 31.6 Å². The molecule has 88 heavy (non-hydrogen) atoms. The Morgan fingerprint density at radius 1 is 0.705 bits per heavy atom. The van der Waals surface area contributed by atoms with E-state index in [0.29, 0.717) is 68.1 Å². The number of ketones is 1. The van der Waals surface area contributed by atoms with E-state index in [4.69, 9.17) is 34.6 Å². The third-order valence-corrected chi connectivity index (χ3v) is 19.9. The molecule has 0 fully saturated rings. The zero-order valence-corrected chi connectivity index (χ0v) is 53.3. The molecule has 10 bridgehead atoms. The number of pyridine rings is 1. The SMILES string of the molecule is CNC(=O)C[C@@H]1NC(=O)c2csc(n2)-c2ccc(-c3nc(NC(=O)N(CCCC(=O)O)CCCC(=O)O)cs3)nc2-c2csc(n2)-c2csc(n2)[C@H]([C@@H](C)c2ccccc2)NC(=O)CNC(=O)c2nc(sc2COC)C(C(C)C)CC(=O)c2nc1sc2C. The van der Waals surface area contributed by atoms with Crippen LogP contribution >= 0.6 is 68.0 Å². The number of benzene rings is 1. The molecular weight excluding hydrogens is 1250 g/mol. The van der Waals surface area contributed by atoms with Crippen LogP contribution in [0.15, 0.2) is 64.0 Å². The maximum atomic E-state index is 14.4. The molecule has 30 heteroatoms. The summed E-state index contributed by atoms with van der Waals surface area (Å²) in [5, 5.41) is 42.2. The van der Waals surface area contributed by atoms with Gasteiger partial charge in [-0.3, -0.25) is 38.9 Å². The Balaban J connectivity index is 1.10. The summed E-state index contributed by atoms with van der Waals surface area (Å²) in [4.78, 5) is 143. The van der Waals surface area contributed by atoms with Gasteiger partial charge in [0.2, 0.25) is 11.8 Å². The number of carboxylic acids is 2. The summed E-state index contributed by atoms with van der Waals surface area (Å²) < 4.78 is 5.49. The first-order valence-electron chi connectivity index (χ1n) is 27.7. The van der Waals surface area contributed by atoms with Crippen LogP contribution in [0.25, 0.3) is 43.4 Å². The topological polar surface area (TPSA) is 340 Å². The van der Waals surface area contributed by atoms with Gasteiger partial charge in [0.05, 0.1) is 47.2 Å². The second-order valence-electron chi connectivity index (χ2n) is 20.7. The van der Waals surface area contributed by atoms with Crippen LogP contribution in [0.4, 0.5) is 10.6 Å². The van der Waals surface area contributed by atoms with Gasteiger partial charge in [-0.05, 0) is 43.4 Å². The van der Waals surface area contributed by atoms with Crippen molar-refractivity contribution in [1.29, 1.82) is 0 Å². The predicted octanol–water partition coefficient (Wildman–Crippen LogP) is 9.83. The van der Waals surface area contributed by atoms with Gasteiger partial charge < -0.3 is 41.1 Å². The average Bonchev–Trinajstić information content (AvgIpc) is 2.93. The Bertz CT molecular complexity index is 3850. The average molecular weight is 1310 g/mol. The Morgan fingerprint density at radius 2 is 1.38 bits per heavy atom. The van der Waals surface area contributed by atoms with Crippen molar-refractivity contribution >= 4 is 121 Å². The first-order valence-corrected chi connectivity index (χ1v) is 32.9. The van der Waals surface area contributed by atoms with Crippen LogP contribution in [-0.2, 0) is 30.5 Å². The van der Waals surface area contributed by atoms with E-state index in [1.165, 1.54) is 87.1 Å². The molecule has 1 aliphatic heterocycles. The molecule has 0 radical (unpaired) electrons. The Kier molecular flexibility index (Phi) is 21.4. The van der Waals surface area contributed by atoms with E-state index in [-0.39, 0.29) is 98.7 Å². The molecule has 7 N–H and O–H groups in total. The first-order chi connectivity index (χ1) is 42.3. The molecule has 24 nitrogen and oxygen atoms in total. The molecule has 7 aromatic heterocycles. The van der Waals surface area contributed by atoms with Gasteiger partial charge in [-0.15, -0.1) is 68.0 Å². The second-order valence-corrected chi connectivity index (χ2v) is 26.5. The number of nitrogens with zero attached hydrogens (tertiary/aromatic N) is 8. The zero-order valence-electron chi connectivity index (χ0n) is 48.4. The molecule has 1 aromatic carbocycles. The van der Waals surface area contributed by atoms with Crippen molar-refractivity contribution in [1.82, 2.24) is 61.1 Å². The lowest BCUT2D eigenvalue weighted by Crippen LogP contribution is -2.40. The van der Waals surface area contributed by atoms with E-state index >= 15 is 0 Å². The van der Waals surface area contributed by atoms with Crippen molar-refractivity contribution < 1.29 is 53.3 Å². The summed E-state index contributed by atoms with van der Waals surface area (Å²) in [7, 11) is 2.97. The molecule has 460 valence electrons.